The SMILES string of the molecule is C=CCCC(=O)NC[C@@H](OC(=O)[C@@H]1[C@H]2O[C@@]3(CC2Br)[C@H](C(=O)N(CC=C)c2ccc4ccccc4c2)N([C@H](C)CO)C(=O)[C@@H]13)c1ccccc1. The van der Waals surface area contributed by atoms with Crippen LogP contribution in [0.1, 0.15) is 37.9 Å². The van der Waals surface area contributed by atoms with E-state index in [0.29, 0.717) is 24.1 Å². The van der Waals surface area contributed by atoms with Gasteiger partial charge in [0.2, 0.25) is 11.8 Å². The van der Waals surface area contributed by atoms with Crippen molar-refractivity contribution in [3.8, 4) is 0 Å². The first-order chi connectivity index (χ1) is 24.1. The lowest BCUT2D eigenvalue weighted by Gasteiger charge is -2.38. The number of carbonyl (C=O) groups is 4. The molecule has 3 aromatic rings. The number of aliphatic hydroxyl groups is 1. The third kappa shape index (κ3) is 6.38. The van der Waals surface area contributed by atoms with Gasteiger partial charge in [-0.3, -0.25) is 19.2 Å². The molecule has 2 bridgehead atoms. The Hall–Kier alpha value is -4.32. The quantitative estimate of drug-likeness (QED) is 0.137. The van der Waals surface area contributed by atoms with Crippen LogP contribution in [-0.4, -0.2) is 82.0 Å². The number of benzene rings is 3. The second-order valence-electron chi connectivity index (χ2n) is 13.2. The standard InChI is InChI=1S/C39H42BrN3O7/c1-4-6-16-31(45)41-22-30(26-13-8-7-9-14-26)49-38(48)32-33-36(46)43(24(3)23-44)35(39(33)21-29(40)34(32)50-39)37(47)42(19-5-2)28-18-17-25-12-10-11-15-27(25)20-28/h4-5,7-15,17-18,20,24,29-30,32-35,44H,1-2,6,16,19,21-23H2,3H3,(H,41,45)/t24-,29?,30-,32+,33-,34+,35+,39-/m1/s1. The number of carbonyl (C=O) groups excluding carboxylic acids is 4. The smallest absolute Gasteiger partial charge is 0.313 e. The highest BCUT2D eigenvalue weighted by Crippen LogP contribution is 2.61. The fraction of sp³-hybridized carbons (Fsp3) is 0.385. The number of hydrogen-bond donors (Lipinski definition) is 2. The number of ether oxygens (including phenoxy) is 2. The third-order valence-corrected chi connectivity index (χ3v) is 10.9. The first-order valence-electron chi connectivity index (χ1n) is 16.9. The molecular weight excluding hydrogens is 702 g/mol. The topological polar surface area (TPSA) is 125 Å². The van der Waals surface area contributed by atoms with Gasteiger partial charge in [-0.25, -0.2) is 0 Å². The van der Waals surface area contributed by atoms with E-state index in [1.807, 2.05) is 60.7 Å². The van der Waals surface area contributed by atoms with Gasteiger partial charge in [-0.05, 0) is 48.2 Å². The molecule has 3 aromatic carbocycles. The van der Waals surface area contributed by atoms with Crippen LogP contribution in [0.5, 0.6) is 0 Å². The van der Waals surface area contributed by atoms with Gasteiger partial charge in [0.1, 0.15) is 17.7 Å². The maximum atomic E-state index is 14.9. The van der Waals surface area contributed by atoms with Crippen LogP contribution in [0.4, 0.5) is 5.69 Å². The molecule has 0 aliphatic carbocycles. The first-order valence-corrected chi connectivity index (χ1v) is 17.9. The number of hydrogen-bond acceptors (Lipinski definition) is 7. The third-order valence-electron chi connectivity index (χ3n) is 10.1. The highest BCUT2D eigenvalue weighted by Gasteiger charge is 2.77. The molecule has 0 radical (unpaired) electrons. The maximum Gasteiger partial charge on any atom is 0.313 e. The summed E-state index contributed by atoms with van der Waals surface area (Å²) in [7, 11) is 0. The van der Waals surface area contributed by atoms with Crippen LogP contribution in [0.15, 0.2) is 98.1 Å². The van der Waals surface area contributed by atoms with E-state index in [-0.39, 0.29) is 30.2 Å². The number of halogens is 1. The van der Waals surface area contributed by atoms with Gasteiger partial charge in [0.15, 0.2) is 0 Å². The van der Waals surface area contributed by atoms with Crippen LogP contribution in [0.25, 0.3) is 10.8 Å². The zero-order valence-electron chi connectivity index (χ0n) is 28.0. The molecule has 3 aliphatic heterocycles. The summed E-state index contributed by atoms with van der Waals surface area (Å²) in [5.74, 6) is -3.77. The number of aliphatic hydroxyl groups excluding tert-OH is 1. The van der Waals surface area contributed by atoms with E-state index in [9.17, 15) is 24.3 Å². The minimum absolute atomic E-state index is 0.0303. The molecule has 3 amide bonds. The largest absolute Gasteiger partial charge is 0.455 e. The fourth-order valence-corrected chi connectivity index (χ4v) is 8.71. The van der Waals surface area contributed by atoms with Crippen molar-refractivity contribution in [2.24, 2.45) is 11.8 Å². The zero-order chi connectivity index (χ0) is 35.6. The molecule has 3 saturated heterocycles. The average molecular weight is 745 g/mol. The Morgan fingerprint density at radius 3 is 2.52 bits per heavy atom. The summed E-state index contributed by atoms with van der Waals surface area (Å²) in [4.78, 5) is 58.8. The number of nitrogens with zero attached hydrogens (tertiary/aromatic N) is 2. The molecule has 1 spiro atoms. The normalized spacial score (nSPS) is 26.3. The van der Waals surface area contributed by atoms with E-state index >= 15 is 0 Å². The lowest BCUT2D eigenvalue weighted by Crippen LogP contribution is -2.58. The van der Waals surface area contributed by atoms with E-state index in [1.54, 1.807) is 36.1 Å². The number of likely N-dealkylation sites (tertiary alicyclic amines) is 1. The molecule has 0 saturated carbocycles. The zero-order valence-corrected chi connectivity index (χ0v) is 29.5. The van der Waals surface area contributed by atoms with E-state index in [0.717, 1.165) is 10.8 Å². The van der Waals surface area contributed by atoms with Crippen LogP contribution in [0.2, 0.25) is 0 Å². The predicted molar refractivity (Wildman–Crippen MR) is 193 cm³/mol. The number of alkyl halides is 1. The lowest BCUT2D eigenvalue weighted by atomic mass is 9.70. The van der Waals surface area contributed by atoms with Crippen molar-refractivity contribution < 1.29 is 33.8 Å². The van der Waals surface area contributed by atoms with Crippen molar-refractivity contribution in [1.29, 1.82) is 0 Å². The number of anilines is 1. The molecule has 10 nitrogen and oxygen atoms in total. The van der Waals surface area contributed by atoms with Crippen molar-refractivity contribution in [2.45, 2.75) is 60.9 Å². The van der Waals surface area contributed by atoms with Gasteiger partial charge < -0.3 is 29.7 Å². The Bertz CT molecular complexity index is 1790. The molecule has 0 aromatic heterocycles. The number of fused-ring (bicyclic) bond motifs is 2. The van der Waals surface area contributed by atoms with Gasteiger partial charge in [-0.2, -0.15) is 0 Å². The predicted octanol–water partition coefficient (Wildman–Crippen LogP) is 4.85. The van der Waals surface area contributed by atoms with E-state index in [4.69, 9.17) is 9.47 Å². The molecule has 3 heterocycles. The molecule has 262 valence electrons. The van der Waals surface area contributed by atoms with Crippen LogP contribution in [0.3, 0.4) is 0 Å². The molecule has 50 heavy (non-hydrogen) atoms. The average Bonchev–Trinajstić information content (AvgIpc) is 3.73. The maximum absolute atomic E-state index is 14.9. The second kappa shape index (κ2) is 14.9. The number of nitrogens with one attached hydrogen (secondary N) is 1. The summed E-state index contributed by atoms with van der Waals surface area (Å²) in [5.41, 5.74) is -0.0644. The number of rotatable bonds is 14. The summed E-state index contributed by atoms with van der Waals surface area (Å²) in [5, 5.41) is 15.1. The lowest BCUT2D eigenvalue weighted by molar-refractivity contribution is -0.160. The van der Waals surface area contributed by atoms with Gasteiger partial charge in [0, 0.05) is 23.5 Å². The van der Waals surface area contributed by atoms with E-state index < -0.39 is 66.1 Å². The number of esters is 1. The van der Waals surface area contributed by atoms with E-state index in [2.05, 4.69) is 34.4 Å². The van der Waals surface area contributed by atoms with Crippen molar-refractivity contribution in [2.75, 3.05) is 24.6 Å². The van der Waals surface area contributed by atoms with Gasteiger partial charge in [0.05, 0.1) is 37.1 Å². The van der Waals surface area contributed by atoms with Crippen LogP contribution in [0, 0.1) is 11.8 Å². The highest BCUT2D eigenvalue weighted by molar-refractivity contribution is 9.09. The Morgan fingerprint density at radius 2 is 1.82 bits per heavy atom. The Kier molecular flexibility index (Phi) is 10.6. The molecule has 2 N–H and O–H groups in total. The van der Waals surface area contributed by atoms with Gasteiger partial charge in [0.25, 0.3) is 5.91 Å². The molecule has 8 atom stereocenters. The molecule has 1 unspecified atom stereocenters. The summed E-state index contributed by atoms with van der Waals surface area (Å²) in [6.07, 6.45) is 2.76. The molecule has 6 rings (SSSR count). The minimum Gasteiger partial charge on any atom is -0.455 e. The monoisotopic (exact) mass is 743 g/mol. The molecule has 3 aliphatic rings. The second-order valence-corrected chi connectivity index (χ2v) is 14.4. The first kappa shape index (κ1) is 35.5. The molecule has 3 fully saturated rings. The molecular formula is C39H42BrN3O7. The fourth-order valence-electron chi connectivity index (χ4n) is 7.76. The highest BCUT2D eigenvalue weighted by atomic mass is 79.9. The minimum atomic E-state index is -1.36. The Morgan fingerprint density at radius 1 is 1.10 bits per heavy atom. The van der Waals surface area contributed by atoms with Crippen LogP contribution < -0.4 is 10.2 Å². The summed E-state index contributed by atoms with van der Waals surface area (Å²) < 4.78 is 12.8. The van der Waals surface area contributed by atoms with Gasteiger partial charge in [-0.1, -0.05) is 88.7 Å². The van der Waals surface area contributed by atoms with Crippen molar-refractivity contribution in [3.63, 3.8) is 0 Å². The number of allylic oxidation sites excluding steroid dienone is 1. The summed E-state index contributed by atoms with van der Waals surface area (Å²) >= 11 is 3.71. The van der Waals surface area contributed by atoms with Crippen LogP contribution in [-0.2, 0) is 28.7 Å². The number of amides is 3. The van der Waals surface area contributed by atoms with Crippen molar-refractivity contribution >= 4 is 56.1 Å². The van der Waals surface area contributed by atoms with Crippen molar-refractivity contribution in [1.82, 2.24) is 10.2 Å². The Balaban J connectivity index is 1.34. The van der Waals surface area contributed by atoms with Gasteiger partial charge in [-0.15, -0.1) is 13.2 Å². The Labute approximate surface area is 300 Å². The summed E-state index contributed by atoms with van der Waals surface area (Å²) in [6, 6.07) is 20.7. The van der Waals surface area contributed by atoms with Crippen molar-refractivity contribution in [3.05, 3.63) is 104 Å². The van der Waals surface area contributed by atoms with Gasteiger partial charge >= 0.3 is 5.97 Å². The summed E-state index contributed by atoms with van der Waals surface area (Å²) in [6.45, 7) is 9.02. The molecule has 11 heteroatoms. The van der Waals surface area contributed by atoms with E-state index in [1.165, 1.54) is 4.90 Å². The van der Waals surface area contributed by atoms with Crippen LogP contribution >= 0.6 is 15.9 Å².